The number of benzene rings is 2. The quantitative estimate of drug-likeness (QED) is 0.539. The lowest BCUT2D eigenvalue weighted by Gasteiger charge is -2.26. The number of thiocarbonyl (C=S) groups is 1. The Labute approximate surface area is 168 Å². The topological polar surface area (TPSA) is 88.1 Å². The second-order valence-corrected chi connectivity index (χ2v) is 6.19. The van der Waals surface area contributed by atoms with Gasteiger partial charge in [-0.15, -0.1) is 0 Å². The first-order chi connectivity index (χ1) is 13.5. The first kappa shape index (κ1) is 21.3. The van der Waals surface area contributed by atoms with Gasteiger partial charge in [-0.25, -0.2) is 9.59 Å². The minimum atomic E-state index is -0.571. The predicted octanol–water partition coefficient (Wildman–Crippen LogP) is 2.45. The van der Waals surface area contributed by atoms with Gasteiger partial charge in [0.2, 0.25) is 0 Å². The summed E-state index contributed by atoms with van der Waals surface area (Å²) in [6, 6.07) is 14.1. The molecule has 148 valence electrons. The molecule has 7 nitrogen and oxygen atoms in total. The Kier molecular flexibility index (Phi) is 7.91. The standard InChI is InChI=1S/C20H22N2O5S/c1-26-18(24)15-8-9-16(19(25)27-2)17(12-15)21-20(28)22(10-11-23)13-14-6-4-3-5-7-14/h3-9,12,23H,10-11,13H2,1-2H3,(H,21,28). The molecular weight excluding hydrogens is 380 g/mol. The van der Waals surface area contributed by atoms with Crippen LogP contribution in [0.4, 0.5) is 5.69 Å². The number of esters is 2. The van der Waals surface area contributed by atoms with E-state index in [9.17, 15) is 14.7 Å². The molecule has 0 aliphatic carbocycles. The molecule has 0 atom stereocenters. The largest absolute Gasteiger partial charge is 0.465 e. The molecule has 2 aromatic carbocycles. The van der Waals surface area contributed by atoms with Gasteiger partial charge in [0.05, 0.1) is 37.6 Å². The lowest BCUT2D eigenvalue weighted by molar-refractivity contribution is 0.0587. The van der Waals surface area contributed by atoms with Crippen molar-refractivity contribution in [1.29, 1.82) is 0 Å². The van der Waals surface area contributed by atoms with Gasteiger partial charge < -0.3 is 24.8 Å². The number of carbonyl (C=O) groups is 2. The molecule has 0 heterocycles. The third kappa shape index (κ3) is 5.51. The van der Waals surface area contributed by atoms with E-state index in [4.69, 9.17) is 21.7 Å². The zero-order valence-corrected chi connectivity index (χ0v) is 16.5. The fourth-order valence-corrected chi connectivity index (χ4v) is 2.82. The van der Waals surface area contributed by atoms with E-state index in [1.807, 2.05) is 30.3 Å². The van der Waals surface area contributed by atoms with Crippen LogP contribution >= 0.6 is 12.2 Å². The van der Waals surface area contributed by atoms with Crippen LogP contribution < -0.4 is 5.32 Å². The summed E-state index contributed by atoms with van der Waals surface area (Å²) in [6.07, 6.45) is 0. The van der Waals surface area contributed by atoms with Crippen molar-refractivity contribution in [1.82, 2.24) is 4.90 Å². The molecule has 2 N–H and O–H groups in total. The highest BCUT2D eigenvalue weighted by Gasteiger charge is 2.18. The molecule has 2 rings (SSSR count). The van der Waals surface area contributed by atoms with Gasteiger partial charge in [-0.2, -0.15) is 0 Å². The SMILES string of the molecule is COC(=O)c1ccc(C(=O)OC)c(NC(=S)N(CCO)Cc2ccccc2)c1. The Morgan fingerprint density at radius 1 is 1.07 bits per heavy atom. The molecule has 0 aliphatic heterocycles. The number of rotatable bonds is 7. The number of aliphatic hydroxyl groups excluding tert-OH is 1. The number of hydrogen-bond donors (Lipinski definition) is 2. The summed E-state index contributed by atoms with van der Waals surface area (Å²) in [5, 5.41) is 12.7. The molecule has 0 spiro atoms. The van der Waals surface area contributed by atoms with E-state index in [1.165, 1.54) is 32.4 Å². The fraction of sp³-hybridized carbons (Fsp3) is 0.250. The maximum atomic E-state index is 12.1. The summed E-state index contributed by atoms with van der Waals surface area (Å²) in [4.78, 5) is 25.7. The highest BCUT2D eigenvalue weighted by atomic mass is 32.1. The molecule has 0 bridgehead atoms. The van der Waals surface area contributed by atoms with Crippen LogP contribution in [0.25, 0.3) is 0 Å². The summed E-state index contributed by atoms with van der Waals surface area (Å²) in [5.74, 6) is -1.11. The van der Waals surface area contributed by atoms with Crippen molar-refractivity contribution in [3.05, 3.63) is 65.2 Å². The fourth-order valence-electron chi connectivity index (χ4n) is 2.55. The third-order valence-corrected chi connectivity index (χ3v) is 4.32. The van der Waals surface area contributed by atoms with E-state index < -0.39 is 11.9 Å². The van der Waals surface area contributed by atoms with Crippen molar-refractivity contribution < 1.29 is 24.2 Å². The van der Waals surface area contributed by atoms with Crippen LogP contribution in [-0.4, -0.2) is 54.4 Å². The molecule has 0 aliphatic rings. The van der Waals surface area contributed by atoms with E-state index >= 15 is 0 Å². The molecule has 0 radical (unpaired) electrons. The third-order valence-electron chi connectivity index (χ3n) is 3.96. The van der Waals surface area contributed by atoms with E-state index in [2.05, 4.69) is 5.32 Å². The summed E-state index contributed by atoms with van der Waals surface area (Å²) in [6.45, 7) is 0.670. The van der Waals surface area contributed by atoms with E-state index in [1.54, 1.807) is 4.90 Å². The number of nitrogens with one attached hydrogen (secondary N) is 1. The maximum absolute atomic E-state index is 12.1. The van der Waals surface area contributed by atoms with Crippen LogP contribution in [0.15, 0.2) is 48.5 Å². The number of nitrogens with zero attached hydrogens (tertiary/aromatic N) is 1. The van der Waals surface area contributed by atoms with Gasteiger partial charge in [0.15, 0.2) is 5.11 Å². The summed E-state index contributed by atoms with van der Waals surface area (Å²) >= 11 is 5.48. The molecule has 0 unspecified atom stereocenters. The van der Waals surface area contributed by atoms with Gasteiger partial charge in [0.25, 0.3) is 0 Å². The van der Waals surface area contributed by atoms with Crippen molar-refractivity contribution in [3.8, 4) is 0 Å². The molecule has 0 fully saturated rings. The molecule has 0 amide bonds. The van der Waals surface area contributed by atoms with Crippen molar-refractivity contribution in [3.63, 3.8) is 0 Å². The zero-order valence-electron chi connectivity index (χ0n) is 15.7. The lowest BCUT2D eigenvalue weighted by atomic mass is 10.1. The van der Waals surface area contributed by atoms with Gasteiger partial charge in [0, 0.05) is 13.1 Å². The van der Waals surface area contributed by atoms with E-state index in [-0.39, 0.29) is 17.7 Å². The van der Waals surface area contributed by atoms with Crippen molar-refractivity contribution >= 4 is 35.0 Å². The van der Waals surface area contributed by atoms with Gasteiger partial charge in [-0.1, -0.05) is 30.3 Å². The second kappa shape index (κ2) is 10.4. The van der Waals surface area contributed by atoms with Crippen molar-refractivity contribution in [2.24, 2.45) is 0 Å². The number of anilines is 1. The Hall–Kier alpha value is -2.97. The van der Waals surface area contributed by atoms with Crippen LogP contribution in [0, 0.1) is 0 Å². The van der Waals surface area contributed by atoms with E-state index in [0.29, 0.717) is 23.9 Å². The number of methoxy groups -OCH3 is 2. The number of aliphatic hydroxyl groups is 1. The monoisotopic (exact) mass is 402 g/mol. The molecule has 28 heavy (non-hydrogen) atoms. The molecular formula is C20H22N2O5S. The second-order valence-electron chi connectivity index (χ2n) is 5.80. The number of ether oxygens (including phenoxy) is 2. The Morgan fingerprint density at radius 2 is 1.75 bits per heavy atom. The van der Waals surface area contributed by atoms with Crippen LogP contribution in [0.1, 0.15) is 26.3 Å². The summed E-state index contributed by atoms with van der Waals surface area (Å²) < 4.78 is 9.53. The van der Waals surface area contributed by atoms with Crippen molar-refractivity contribution in [2.75, 3.05) is 32.7 Å². The Balaban J connectivity index is 2.29. The Bertz CT molecular complexity index is 842. The number of carbonyl (C=O) groups excluding carboxylic acids is 2. The normalized spacial score (nSPS) is 10.1. The first-order valence-electron chi connectivity index (χ1n) is 8.51. The highest BCUT2D eigenvalue weighted by molar-refractivity contribution is 7.80. The van der Waals surface area contributed by atoms with Gasteiger partial charge in [-0.05, 0) is 36.0 Å². The summed E-state index contributed by atoms with van der Waals surface area (Å²) in [5.41, 5.74) is 1.81. The minimum absolute atomic E-state index is 0.0965. The molecule has 0 saturated carbocycles. The maximum Gasteiger partial charge on any atom is 0.339 e. The average molecular weight is 402 g/mol. The zero-order chi connectivity index (χ0) is 20.5. The molecule has 8 heteroatoms. The minimum Gasteiger partial charge on any atom is -0.465 e. The van der Waals surface area contributed by atoms with Crippen LogP contribution in [0.2, 0.25) is 0 Å². The predicted molar refractivity (Wildman–Crippen MR) is 109 cm³/mol. The lowest BCUT2D eigenvalue weighted by Crippen LogP contribution is -2.36. The molecule has 0 saturated heterocycles. The first-order valence-corrected chi connectivity index (χ1v) is 8.92. The average Bonchev–Trinajstić information content (AvgIpc) is 2.73. The molecule has 0 aromatic heterocycles. The van der Waals surface area contributed by atoms with Crippen LogP contribution in [0.3, 0.4) is 0 Å². The van der Waals surface area contributed by atoms with E-state index in [0.717, 1.165) is 5.56 Å². The van der Waals surface area contributed by atoms with Crippen LogP contribution in [-0.2, 0) is 16.0 Å². The van der Waals surface area contributed by atoms with Gasteiger partial charge >= 0.3 is 11.9 Å². The number of hydrogen-bond acceptors (Lipinski definition) is 6. The highest BCUT2D eigenvalue weighted by Crippen LogP contribution is 2.21. The summed E-state index contributed by atoms with van der Waals surface area (Å²) in [7, 11) is 2.54. The van der Waals surface area contributed by atoms with Crippen LogP contribution in [0.5, 0.6) is 0 Å². The van der Waals surface area contributed by atoms with Gasteiger partial charge in [0.1, 0.15) is 0 Å². The van der Waals surface area contributed by atoms with Crippen molar-refractivity contribution in [2.45, 2.75) is 6.54 Å². The Morgan fingerprint density at radius 3 is 2.36 bits per heavy atom. The smallest absolute Gasteiger partial charge is 0.339 e. The molecule has 2 aromatic rings. The van der Waals surface area contributed by atoms with Gasteiger partial charge in [-0.3, -0.25) is 0 Å².